The van der Waals surface area contributed by atoms with Crippen molar-refractivity contribution in [3.63, 3.8) is 0 Å². The number of aromatic nitrogens is 2. The van der Waals surface area contributed by atoms with Crippen molar-refractivity contribution in [2.75, 3.05) is 42.1 Å². The van der Waals surface area contributed by atoms with E-state index in [0.29, 0.717) is 5.95 Å². The fourth-order valence-corrected chi connectivity index (χ4v) is 5.82. The SMILES string of the molecule is Cc1ccccc1NC(=O)Nc1ccc(C2Cc3cnc(NCCCN4CCCC4)nc3-c3ccccc32)cc1. The van der Waals surface area contributed by atoms with Crippen molar-refractivity contribution >= 4 is 23.4 Å². The van der Waals surface area contributed by atoms with E-state index in [4.69, 9.17) is 4.98 Å². The summed E-state index contributed by atoms with van der Waals surface area (Å²) in [5, 5.41) is 9.31. The van der Waals surface area contributed by atoms with Crippen LogP contribution >= 0.6 is 0 Å². The van der Waals surface area contributed by atoms with E-state index in [-0.39, 0.29) is 11.9 Å². The second kappa shape index (κ2) is 11.9. The molecule has 7 heteroatoms. The summed E-state index contributed by atoms with van der Waals surface area (Å²) in [5.41, 5.74) is 8.39. The first-order valence-electron chi connectivity index (χ1n) is 14.3. The van der Waals surface area contributed by atoms with Crippen molar-refractivity contribution in [2.24, 2.45) is 0 Å². The minimum Gasteiger partial charge on any atom is -0.354 e. The number of fused-ring (bicyclic) bond motifs is 3. The lowest BCUT2D eigenvalue weighted by Crippen LogP contribution is -2.22. The molecule has 204 valence electrons. The zero-order chi connectivity index (χ0) is 27.3. The van der Waals surface area contributed by atoms with Crippen LogP contribution in [0.1, 0.15) is 47.4 Å². The molecule has 1 aliphatic heterocycles. The predicted molar refractivity (Wildman–Crippen MR) is 162 cm³/mol. The second-order valence-corrected chi connectivity index (χ2v) is 10.8. The Morgan fingerprint density at radius 2 is 1.73 bits per heavy atom. The number of hydrogen-bond donors (Lipinski definition) is 3. The minimum atomic E-state index is -0.253. The Balaban J connectivity index is 1.13. The normalized spacial score (nSPS) is 16.2. The molecule has 2 amide bonds. The molecule has 2 heterocycles. The maximum absolute atomic E-state index is 12.5. The Kier molecular flexibility index (Phi) is 7.73. The van der Waals surface area contributed by atoms with Gasteiger partial charge in [-0.05, 0) is 92.7 Å². The van der Waals surface area contributed by atoms with Gasteiger partial charge in [0, 0.05) is 35.6 Å². The molecule has 4 aromatic rings. The molecule has 3 aromatic carbocycles. The van der Waals surface area contributed by atoms with Crippen LogP contribution in [-0.4, -0.2) is 47.1 Å². The van der Waals surface area contributed by atoms with E-state index in [1.54, 1.807) is 0 Å². The van der Waals surface area contributed by atoms with Gasteiger partial charge in [-0.25, -0.2) is 14.8 Å². The first-order valence-corrected chi connectivity index (χ1v) is 14.3. The molecule has 1 atom stereocenters. The lowest BCUT2D eigenvalue weighted by Gasteiger charge is -2.27. The molecule has 0 bridgehead atoms. The average molecular weight is 533 g/mol. The van der Waals surface area contributed by atoms with E-state index in [2.05, 4.69) is 62.2 Å². The van der Waals surface area contributed by atoms with Crippen molar-refractivity contribution in [3.05, 3.63) is 101 Å². The zero-order valence-electron chi connectivity index (χ0n) is 23.0. The summed E-state index contributed by atoms with van der Waals surface area (Å²) < 4.78 is 0. The van der Waals surface area contributed by atoms with Crippen molar-refractivity contribution in [1.29, 1.82) is 0 Å². The van der Waals surface area contributed by atoms with Crippen LogP contribution in [0.4, 0.5) is 22.1 Å². The van der Waals surface area contributed by atoms with E-state index >= 15 is 0 Å². The maximum atomic E-state index is 12.5. The number of anilines is 3. The van der Waals surface area contributed by atoms with E-state index in [9.17, 15) is 4.79 Å². The molecule has 1 saturated heterocycles. The summed E-state index contributed by atoms with van der Waals surface area (Å²) in [6, 6.07) is 24.2. The number of nitrogens with zero attached hydrogens (tertiary/aromatic N) is 3. The molecule has 1 unspecified atom stereocenters. The smallest absolute Gasteiger partial charge is 0.323 e. The van der Waals surface area contributed by atoms with Gasteiger partial charge in [0.2, 0.25) is 5.95 Å². The average Bonchev–Trinajstić information content (AvgIpc) is 3.50. The highest BCUT2D eigenvalue weighted by atomic mass is 16.2. The highest BCUT2D eigenvalue weighted by molar-refractivity contribution is 6.00. The molecular formula is C33H36N6O. The third-order valence-corrected chi connectivity index (χ3v) is 7.98. The van der Waals surface area contributed by atoms with Crippen LogP contribution in [-0.2, 0) is 6.42 Å². The molecule has 7 nitrogen and oxygen atoms in total. The molecule has 1 fully saturated rings. The Labute approximate surface area is 236 Å². The maximum Gasteiger partial charge on any atom is 0.323 e. The Morgan fingerprint density at radius 3 is 2.55 bits per heavy atom. The van der Waals surface area contributed by atoms with Gasteiger partial charge in [0.05, 0.1) is 5.69 Å². The van der Waals surface area contributed by atoms with Crippen LogP contribution in [0.25, 0.3) is 11.3 Å². The Hall–Kier alpha value is -4.23. The van der Waals surface area contributed by atoms with Gasteiger partial charge in [-0.15, -0.1) is 0 Å². The van der Waals surface area contributed by atoms with Crippen molar-refractivity contribution in [1.82, 2.24) is 14.9 Å². The van der Waals surface area contributed by atoms with Gasteiger partial charge in [-0.2, -0.15) is 0 Å². The van der Waals surface area contributed by atoms with Crippen LogP contribution < -0.4 is 16.0 Å². The number of carbonyl (C=O) groups excluding carboxylic acids is 1. The molecule has 1 aromatic heterocycles. The summed E-state index contributed by atoms with van der Waals surface area (Å²) in [4.78, 5) is 24.7. The van der Waals surface area contributed by atoms with Crippen LogP contribution in [0.3, 0.4) is 0 Å². The standard InChI is InChI=1S/C33H36N6O/c1-23-9-2-5-12-30(23)37-33(40)36-26-15-13-24(14-16-26)29-21-25-22-35-32(34-17-8-20-39-18-6-7-19-39)38-31(25)28-11-4-3-10-27(28)29/h2-5,9-16,22,29H,6-8,17-21H2,1H3,(H,34,35,38)(H2,36,37,40). The van der Waals surface area contributed by atoms with E-state index in [1.807, 2.05) is 49.5 Å². The van der Waals surface area contributed by atoms with Gasteiger partial charge in [0.1, 0.15) is 0 Å². The quantitative estimate of drug-likeness (QED) is 0.221. The fraction of sp³-hybridized carbons (Fsp3) is 0.303. The van der Waals surface area contributed by atoms with Crippen molar-refractivity contribution in [3.8, 4) is 11.3 Å². The summed E-state index contributed by atoms with van der Waals surface area (Å²) in [6.07, 6.45) is 6.57. The monoisotopic (exact) mass is 532 g/mol. The number of hydrogen-bond acceptors (Lipinski definition) is 5. The Morgan fingerprint density at radius 1 is 0.950 bits per heavy atom. The largest absolute Gasteiger partial charge is 0.354 e. The lowest BCUT2D eigenvalue weighted by atomic mass is 9.78. The summed E-state index contributed by atoms with van der Waals surface area (Å²) in [5.74, 6) is 0.897. The molecular weight excluding hydrogens is 496 g/mol. The molecule has 2 aliphatic rings. The molecule has 0 radical (unpaired) electrons. The molecule has 6 rings (SSSR count). The topological polar surface area (TPSA) is 82.2 Å². The number of para-hydroxylation sites is 1. The van der Waals surface area contributed by atoms with Gasteiger partial charge >= 0.3 is 6.03 Å². The first kappa shape index (κ1) is 26.0. The van der Waals surface area contributed by atoms with E-state index in [1.165, 1.54) is 37.1 Å². The highest BCUT2D eigenvalue weighted by Gasteiger charge is 2.27. The number of benzene rings is 3. The molecule has 3 N–H and O–H groups in total. The summed E-state index contributed by atoms with van der Waals surface area (Å²) in [7, 11) is 0. The predicted octanol–water partition coefficient (Wildman–Crippen LogP) is 6.68. The van der Waals surface area contributed by atoms with Crippen LogP contribution in [0.5, 0.6) is 0 Å². The second-order valence-electron chi connectivity index (χ2n) is 10.8. The van der Waals surface area contributed by atoms with Crippen molar-refractivity contribution < 1.29 is 4.79 Å². The zero-order valence-corrected chi connectivity index (χ0v) is 23.0. The van der Waals surface area contributed by atoms with Gasteiger partial charge in [0.15, 0.2) is 0 Å². The van der Waals surface area contributed by atoms with E-state index < -0.39 is 0 Å². The van der Waals surface area contributed by atoms with Gasteiger partial charge in [-0.3, -0.25) is 0 Å². The summed E-state index contributed by atoms with van der Waals surface area (Å²) >= 11 is 0. The molecule has 40 heavy (non-hydrogen) atoms. The number of carbonyl (C=O) groups is 1. The number of amides is 2. The van der Waals surface area contributed by atoms with Crippen LogP contribution in [0.2, 0.25) is 0 Å². The number of aryl methyl sites for hydroxylation is 1. The number of rotatable bonds is 8. The number of nitrogens with one attached hydrogen (secondary N) is 3. The highest BCUT2D eigenvalue weighted by Crippen LogP contribution is 2.42. The Bertz CT molecular complexity index is 1480. The van der Waals surface area contributed by atoms with Gasteiger partial charge in [0.25, 0.3) is 0 Å². The number of likely N-dealkylation sites (tertiary alicyclic amines) is 1. The van der Waals surface area contributed by atoms with Crippen LogP contribution in [0, 0.1) is 6.92 Å². The summed E-state index contributed by atoms with van der Waals surface area (Å²) in [6.45, 7) is 6.45. The molecule has 0 saturated carbocycles. The molecule has 0 spiro atoms. The number of urea groups is 1. The minimum absolute atomic E-state index is 0.196. The molecule has 1 aliphatic carbocycles. The first-order chi connectivity index (χ1) is 19.6. The van der Waals surface area contributed by atoms with Crippen molar-refractivity contribution in [2.45, 2.75) is 38.5 Å². The van der Waals surface area contributed by atoms with Gasteiger partial charge < -0.3 is 20.9 Å². The third kappa shape index (κ3) is 5.84. The third-order valence-electron chi connectivity index (χ3n) is 7.98. The fourth-order valence-electron chi connectivity index (χ4n) is 5.82. The van der Waals surface area contributed by atoms with Crippen LogP contribution in [0.15, 0.2) is 79.0 Å². The lowest BCUT2D eigenvalue weighted by molar-refractivity contribution is 0.262. The van der Waals surface area contributed by atoms with Gasteiger partial charge in [-0.1, -0.05) is 54.6 Å². The van der Waals surface area contributed by atoms with E-state index in [0.717, 1.165) is 59.7 Å².